The highest BCUT2D eigenvalue weighted by Crippen LogP contribution is 2.31. The molecule has 29 heavy (non-hydrogen) atoms. The molecule has 1 atom stereocenters. The van der Waals surface area contributed by atoms with Crippen molar-refractivity contribution in [1.82, 2.24) is 19.4 Å². The van der Waals surface area contributed by atoms with E-state index < -0.39 is 0 Å². The summed E-state index contributed by atoms with van der Waals surface area (Å²) in [5, 5.41) is 0. The smallest absolute Gasteiger partial charge is 0.257 e. The summed E-state index contributed by atoms with van der Waals surface area (Å²) in [4.78, 5) is 24.4. The number of carbonyl (C=O) groups is 1. The highest BCUT2D eigenvalue weighted by Gasteiger charge is 2.32. The van der Waals surface area contributed by atoms with Crippen LogP contribution in [0.5, 0.6) is 5.75 Å². The van der Waals surface area contributed by atoms with Gasteiger partial charge in [-0.15, -0.1) is 0 Å². The lowest BCUT2D eigenvalue weighted by Crippen LogP contribution is -2.29. The molecule has 1 aromatic carbocycles. The molecule has 2 aromatic heterocycles. The molecule has 0 spiro atoms. The Morgan fingerprint density at radius 3 is 2.93 bits per heavy atom. The number of imidazole rings is 1. The van der Waals surface area contributed by atoms with Gasteiger partial charge in [-0.05, 0) is 37.6 Å². The summed E-state index contributed by atoms with van der Waals surface area (Å²) < 4.78 is 13.1. The van der Waals surface area contributed by atoms with E-state index in [0.29, 0.717) is 44.2 Å². The van der Waals surface area contributed by atoms with Gasteiger partial charge in [-0.2, -0.15) is 0 Å². The van der Waals surface area contributed by atoms with E-state index >= 15 is 0 Å². The fraction of sp³-hybridized carbons (Fsp3) is 0.409. The summed E-state index contributed by atoms with van der Waals surface area (Å²) in [5.41, 5.74) is 2.36. The summed E-state index contributed by atoms with van der Waals surface area (Å²) in [6.45, 7) is 5.07. The van der Waals surface area contributed by atoms with Gasteiger partial charge in [0.25, 0.3) is 5.91 Å². The quantitative estimate of drug-likeness (QED) is 0.616. The molecule has 3 aromatic rings. The SMILES string of the molecule is CCOc1ccccc1C(=O)N1CC[C@@H](c2nc3cccnc3n2CCOC)C1. The topological polar surface area (TPSA) is 69.5 Å². The van der Waals surface area contributed by atoms with Crippen LogP contribution in [0.2, 0.25) is 0 Å². The van der Waals surface area contributed by atoms with Crippen molar-refractivity contribution in [2.45, 2.75) is 25.8 Å². The van der Waals surface area contributed by atoms with Crippen LogP contribution >= 0.6 is 0 Å². The minimum absolute atomic E-state index is 0.00854. The predicted molar refractivity (Wildman–Crippen MR) is 110 cm³/mol. The van der Waals surface area contributed by atoms with Gasteiger partial charge in [-0.3, -0.25) is 4.79 Å². The number of methoxy groups -OCH3 is 1. The fourth-order valence-electron chi connectivity index (χ4n) is 3.94. The van der Waals surface area contributed by atoms with Crippen LogP contribution in [0, 0.1) is 0 Å². The van der Waals surface area contributed by atoms with Gasteiger partial charge in [-0.25, -0.2) is 9.97 Å². The third-order valence-corrected chi connectivity index (χ3v) is 5.31. The molecule has 7 nitrogen and oxygen atoms in total. The number of nitrogens with zero attached hydrogens (tertiary/aromatic N) is 4. The molecule has 0 N–H and O–H groups in total. The zero-order valence-electron chi connectivity index (χ0n) is 16.9. The largest absolute Gasteiger partial charge is 0.493 e. The van der Waals surface area contributed by atoms with E-state index in [1.807, 2.05) is 48.2 Å². The van der Waals surface area contributed by atoms with Crippen molar-refractivity contribution in [3.63, 3.8) is 0 Å². The summed E-state index contributed by atoms with van der Waals surface area (Å²) in [6.07, 6.45) is 2.66. The van der Waals surface area contributed by atoms with Crippen molar-refractivity contribution in [3.05, 3.63) is 54.0 Å². The first-order valence-electron chi connectivity index (χ1n) is 10.0. The molecule has 1 saturated heterocycles. The Morgan fingerprint density at radius 1 is 1.24 bits per heavy atom. The minimum atomic E-state index is 0.00854. The molecule has 3 heterocycles. The number of fused-ring (bicyclic) bond motifs is 1. The first-order chi connectivity index (χ1) is 14.2. The molecule has 0 bridgehead atoms. The molecule has 1 fully saturated rings. The average Bonchev–Trinajstić information content (AvgIpc) is 3.37. The minimum Gasteiger partial charge on any atom is -0.493 e. The van der Waals surface area contributed by atoms with Crippen molar-refractivity contribution in [3.8, 4) is 5.75 Å². The third-order valence-electron chi connectivity index (χ3n) is 5.31. The number of ether oxygens (including phenoxy) is 2. The number of aromatic nitrogens is 3. The molecule has 0 aliphatic carbocycles. The number of para-hydroxylation sites is 1. The number of hydrogen-bond acceptors (Lipinski definition) is 5. The van der Waals surface area contributed by atoms with E-state index in [0.717, 1.165) is 23.4 Å². The van der Waals surface area contributed by atoms with Crippen molar-refractivity contribution in [2.24, 2.45) is 0 Å². The molecule has 152 valence electrons. The Balaban J connectivity index is 1.58. The molecule has 1 aliphatic rings. The second kappa shape index (κ2) is 8.61. The van der Waals surface area contributed by atoms with Crippen LogP contribution in [-0.2, 0) is 11.3 Å². The monoisotopic (exact) mass is 394 g/mol. The van der Waals surface area contributed by atoms with Crippen molar-refractivity contribution in [1.29, 1.82) is 0 Å². The van der Waals surface area contributed by atoms with Crippen LogP contribution in [0.15, 0.2) is 42.6 Å². The second-order valence-corrected chi connectivity index (χ2v) is 7.13. The Bertz CT molecular complexity index is 1000. The fourth-order valence-corrected chi connectivity index (χ4v) is 3.94. The van der Waals surface area contributed by atoms with E-state index in [2.05, 4.69) is 9.55 Å². The van der Waals surface area contributed by atoms with Gasteiger partial charge in [0, 0.05) is 38.9 Å². The Morgan fingerprint density at radius 2 is 2.10 bits per heavy atom. The van der Waals surface area contributed by atoms with Crippen LogP contribution in [0.25, 0.3) is 11.2 Å². The first-order valence-corrected chi connectivity index (χ1v) is 10.0. The van der Waals surface area contributed by atoms with Gasteiger partial charge in [-0.1, -0.05) is 12.1 Å². The van der Waals surface area contributed by atoms with Gasteiger partial charge in [0.05, 0.1) is 18.8 Å². The number of benzene rings is 1. The van der Waals surface area contributed by atoms with E-state index in [-0.39, 0.29) is 11.8 Å². The Labute approximate surface area is 170 Å². The number of amides is 1. The molecule has 1 amide bonds. The highest BCUT2D eigenvalue weighted by atomic mass is 16.5. The second-order valence-electron chi connectivity index (χ2n) is 7.13. The van der Waals surface area contributed by atoms with Crippen LogP contribution in [0.3, 0.4) is 0 Å². The van der Waals surface area contributed by atoms with Gasteiger partial charge < -0.3 is 18.9 Å². The normalized spacial score (nSPS) is 16.5. The molecule has 1 aliphatic heterocycles. The number of likely N-dealkylation sites (tertiary alicyclic amines) is 1. The van der Waals surface area contributed by atoms with Crippen molar-refractivity contribution < 1.29 is 14.3 Å². The summed E-state index contributed by atoms with van der Waals surface area (Å²) in [5.74, 6) is 1.79. The Kier molecular flexibility index (Phi) is 5.76. The zero-order valence-corrected chi connectivity index (χ0v) is 16.9. The molecule has 0 radical (unpaired) electrons. The molecular weight excluding hydrogens is 368 g/mol. The van der Waals surface area contributed by atoms with Gasteiger partial charge in [0.1, 0.15) is 17.1 Å². The number of carbonyl (C=O) groups excluding carboxylic acids is 1. The van der Waals surface area contributed by atoms with Crippen LogP contribution < -0.4 is 4.74 Å². The lowest BCUT2D eigenvalue weighted by molar-refractivity contribution is 0.0786. The Hall–Kier alpha value is -2.93. The van der Waals surface area contributed by atoms with E-state index in [1.54, 1.807) is 13.3 Å². The molecule has 7 heteroatoms. The maximum atomic E-state index is 13.1. The summed E-state index contributed by atoms with van der Waals surface area (Å²) in [6, 6.07) is 11.3. The average molecular weight is 394 g/mol. The predicted octanol–water partition coefficient (Wildman–Crippen LogP) is 3.11. The van der Waals surface area contributed by atoms with E-state index in [1.165, 1.54) is 0 Å². The van der Waals surface area contributed by atoms with E-state index in [9.17, 15) is 4.79 Å². The number of rotatable bonds is 7. The lowest BCUT2D eigenvalue weighted by Gasteiger charge is -2.19. The van der Waals surface area contributed by atoms with Crippen LogP contribution in [0.4, 0.5) is 0 Å². The van der Waals surface area contributed by atoms with Gasteiger partial charge in [0.2, 0.25) is 0 Å². The third kappa shape index (κ3) is 3.82. The van der Waals surface area contributed by atoms with Crippen molar-refractivity contribution in [2.75, 3.05) is 33.4 Å². The van der Waals surface area contributed by atoms with Gasteiger partial charge >= 0.3 is 0 Å². The zero-order chi connectivity index (χ0) is 20.2. The highest BCUT2D eigenvalue weighted by molar-refractivity contribution is 5.97. The summed E-state index contributed by atoms with van der Waals surface area (Å²) >= 11 is 0. The molecule has 0 unspecified atom stereocenters. The summed E-state index contributed by atoms with van der Waals surface area (Å²) in [7, 11) is 1.69. The maximum absolute atomic E-state index is 13.1. The van der Waals surface area contributed by atoms with E-state index in [4.69, 9.17) is 14.5 Å². The van der Waals surface area contributed by atoms with Crippen LogP contribution in [0.1, 0.15) is 35.4 Å². The molecule has 0 saturated carbocycles. The molecular formula is C22H26N4O3. The lowest BCUT2D eigenvalue weighted by atomic mass is 10.1. The van der Waals surface area contributed by atoms with Crippen LogP contribution in [-0.4, -0.2) is 58.8 Å². The first kappa shape index (κ1) is 19.4. The van der Waals surface area contributed by atoms with Gasteiger partial charge in [0.15, 0.2) is 5.65 Å². The van der Waals surface area contributed by atoms with Crippen molar-refractivity contribution >= 4 is 17.1 Å². The maximum Gasteiger partial charge on any atom is 0.257 e. The number of pyridine rings is 1. The number of hydrogen-bond donors (Lipinski definition) is 0. The standard InChI is InChI=1S/C22H26N4O3/c1-3-29-19-9-5-4-7-17(19)22(27)25-12-10-16(15-25)20-24-18-8-6-11-23-21(18)26(20)13-14-28-2/h4-9,11,16H,3,10,12-15H2,1-2H3/t16-/m1/s1. The molecule has 4 rings (SSSR count).